The third-order valence-corrected chi connectivity index (χ3v) is 5.79. The van der Waals surface area contributed by atoms with Gasteiger partial charge in [0, 0.05) is 44.5 Å². The van der Waals surface area contributed by atoms with E-state index >= 15 is 0 Å². The molecule has 2 atom stereocenters. The van der Waals surface area contributed by atoms with E-state index in [1.54, 1.807) is 18.5 Å². The summed E-state index contributed by atoms with van der Waals surface area (Å²) in [6, 6.07) is 1.80. The van der Waals surface area contributed by atoms with Crippen LogP contribution in [0.15, 0.2) is 18.5 Å². The van der Waals surface area contributed by atoms with E-state index in [-0.39, 0.29) is 11.8 Å². The molecule has 2 saturated heterocycles. The van der Waals surface area contributed by atoms with E-state index in [0.29, 0.717) is 25.6 Å². The molecule has 1 amide bonds. The molecule has 0 aromatic carbocycles. The van der Waals surface area contributed by atoms with Gasteiger partial charge in [0.15, 0.2) is 0 Å². The molecule has 24 heavy (non-hydrogen) atoms. The minimum atomic E-state index is -0.425. The fourth-order valence-corrected chi connectivity index (χ4v) is 4.17. The minimum Gasteiger partial charge on any atom is -0.350 e. The second-order valence-electron chi connectivity index (χ2n) is 6.38. The fourth-order valence-electron chi connectivity index (χ4n) is 3.60. The number of nitrogens with one attached hydrogen (secondary N) is 2. The SMILES string of the molecule is Cc1nnsc1CNC(=O)[C@@]12CNC[C@@H]1CN(c1ncccn1)C2. The van der Waals surface area contributed by atoms with Crippen LogP contribution in [0.1, 0.15) is 10.6 Å². The Bertz CT molecular complexity index is 736. The van der Waals surface area contributed by atoms with Crippen LogP contribution in [0.25, 0.3) is 0 Å². The van der Waals surface area contributed by atoms with Crippen molar-refractivity contribution in [3.63, 3.8) is 0 Å². The van der Waals surface area contributed by atoms with Crippen molar-refractivity contribution in [2.75, 3.05) is 31.1 Å². The molecule has 2 N–H and O–H groups in total. The Kier molecular flexibility index (Phi) is 3.89. The minimum absolute atomic E-state index is 0.0868. The van der Waals surface area contributed by atoms with Crippen LogP contribution < -0.4 is 15.5 Å². The summed E-state index contributed by atoms with van der Waals surface area (Å²) in [5.74, 6) is 1.05. The molecule has 4 heterocycles. The smallest absolute Gasteiger partial charge is 0.230 e. The molecule has 2 aliphatic rings. The average molecular weight is 345 g/mol. The van der Waals surface area contributed by atoms with E-state index in [2.05, 4.69) is 35.1 Å². The third kappa shape index (κ3) is 2.53. The summed E-state index contributed by atoms with van der Waals surface area (Å²) in [4.78, 5) is 24.7. The molecule has 0 aliphatic carbocycles. The van der Waals surface area contributed by atoms with Gasteiger partial charge < -0.3 is 15.5 Å². The molecule has 0 bridgehead atoms. The molecular weight excluding hydrogens is 326 g/mol. The highest BCUT2D eigenvalue weighted by atomic mass is 32.1. The van der Waals surface area contributed by atoms with Gasteiger partial charge in [0.05, 0.1) is 22.5 Å². The monoisotopic (exact) mass is 345 g/mol. The zero-order valence-electron chi connectivity index (χ0n) is 13.4. The van der Waals surface area contributed by atoms with Crippen LogP contribution in [0.2, 0.25) is 0 Å². The number of anilines is 1. The predicted molar refractivity (Wildman–Crippen MR) is 89.5 cm³/mol. The maximum absolute atomic E-state index is 13.0. The number of aromatic nitrogens is 4. The standard InChI is InChI=1S/C15H19N7OS/c1-10-12(24-21-20-10)6-19-13(23)15-8-16-5-11(15)7-22(9-15)14-17-3-2-4-18-14/h2-4,11,16H,5-9H2,1H3,(H,19,23)/t11-,15-/m1/s1. The van der Waals surface area contributed by atoms with Gasteiger partial charge in [0.1, 0.15) is 0 Å². The Balaban J connectivity index is 1.50. The molecule has 0 unspecified atom stereocenters. The Morgan fingerprint density at radius 3 is 3.08 bits per heavy atom. The van der Waals surface area contributed by atoms with E-state index in [0.717, 1.165) is 23.7 Å². The number of carbonyl (C=O) groups is 1. The van der Waals surface area contributed by atoms with Crippen molar-refractivity contribution < 1.29 is 4.79 Å². The van der Waals surface area contributed by atoms with Gasteiger partial charge in [-0.2, -0.15) is 0 Å². The molecule has 0 saturated carbocycles. The number of hydrogen-bond acceptors (Lipinski definition) is 8. The highest BCUT2D eigenvalue weighted by Gasteiger charge is 2.55. The summed E-state index contributed by atoms with van der Waals surface area (Å²) in [7, 11) is 0. The molecule has 2 fully saturated rings. The lowest BCUT2D eigenvalue weighted by molar-refractivity contribution is -0.130. The zero-order valence-corrected chi connectivity index (χ0v) is 14.2. The molecule has 8 nitrogen and oxygen atoms in total. The largest absolute Gasteiger partial charge is 0.350 e. The number of fused-ring (bicyclic) bond motifs is 1. The van der Waals surface area contributed by atoms with Crippen molar-refractivity contribution in [2.45, 2.75) is 13.5 Å². The van der Waals surface area contributed by atoms with Gasteiger partial charge in [-0.1, -0.05) is 4.49 Å². The van der Waals surface area contributed by atoms with Gasteiger partial charge in [-0.05, 0) is 24.5 Å². The van der Waals surface area contributed by atoms with Crippen molar-refractivity contribution in [1.82, 2.24) is 30.2 Å². The van der Waals surface area contributed by atoms with Gasteiger partial charge in [0.25, 0.3) is 0 Å². The second-order valence-corrected chi connectivity index (χ2v) is 7.22. The second kappa shape index (κ2) is 6.06. The first-order valence-corrected chi connectivity index (χ1v) is 8.75. The lowest BCUT2D eigenvalue weighted by Crippen LogP contribution is -2.47. The molecule has 2 aromatic rings. The average Bonchev–Trinajstić information content (AvgIpc) is 3.27. The summed E-state index contributed by atoms with van der Waals surface area (Å²) < 4.78 is 3.92. The molecule has 2 aromatic heterocycles. The van der Waals surface area contributed by atoms with Gasteiger partial charge in [-0.3, -0.25) is 4.79 Å². The van der Waals surface area contributed by atoms with Crippen LogP contribution in [-0.2, 0) is 11.3 Å². The van der Waals surface area contributed by atoms with Crippen molar-refractivity contribution in [3.05, 3.63) is 29.0 Å². The predicted octanol–water partition coefficient (Wildman–Crippen LogP) is -0.0213. The third-order valence-electron chi connectivity index (χ3n) is 4.97. The van der Waals surface area contributed by atoms with Gasteiger partial charge in [0.2, 0.25) is 11.9 Å². The number of carbonyl (C=O) groups excluding carboxylic acids is 1. The normalized spacial score (nSPS) is 25.7. The van der Waals surface area contributed by atoms with E-state index in [1.807, 2.05) is 6.92 Å². The van der Waals surface area contributed by atoms with Crippen molar-refractivity contribution in [2.24, 2.45) is 11.3 Å². The fraction of sp³-hybridized carbons (Fsp3) is 0.533. The van der Waals surface area contributed by atoms with E-state index < -0.39 is 5.41 Å². The first-order chi connectivity index (χ1) is 11.7. The molecule has 126 valence electrons. The van der Waals surface area contributed by atoms with E-state index in [1.165, 1.54) is 11.5 Å². The Labute approximate surface area is 143 Å². The summed E-state index contributed by atoms with van der Waals surface area (Å²) >= 11 is 1.33. The Hall–Kier alpha value is -2.13. The summed E-state index contributed by atoms with van der Waals surface area (Å²) in [6.45, 7) is 5.36. The molecule has 9 heteroatoms. The quantitative estimate of drug-likeness (QED) is 0.804. The maximum Gasteiger partial charge on any atom is 0.230 e. The number of nitrogens with zero attached hydrogens (tertiary/aromatic N) is 5. The summed E-state index contributed by atoms with van der Waals surface area (Å²) in [5.41, 5.74) is 0.454. The van der Waals surface area contributed by atoms with Crippen LogP contribution in [0.3, 0.4) is 0 Å². The van der Waals surface area contributed by atoms with E-state index in [4.69, 9.17) is 0 Å². The van der Waals surface area contributed by atoms with Crippen LogP contribution in [-0.4, -0.2) is 51.6 Å². The maximum atomic E-state index is 13.0. The number of amides is 1. The van der Waals surface area contributed by atoms with Crippen molar-refractivity contribution >= 4 is 23.4 Å². The van der Waals surface area contributed by atoms with Gasteiger partial charge in [-0.15, -0.1) is 5.10 Å². The first kappa shape index (κ1) is 15.4. The molecule has 4 rings (SSSR count). The van der Waals surface area contributed by atoms with Crippen LogP contribution in [0.4, 0.5) is 5.95 Å². The lowest BCUT2D eigenvalue weighted by Gasteiger charge is -2.26. The molecule has 0 radical (unpaired) electrons. The van der Waals surface area contributed by atoms with Gasteiger partial charge in [-0.25, -0.2) is 9.97 Å². The molecular formula is C15H19N7OS. The lowest BCUT2D eigenvalue weighted by atomic mass is 9.80. The van der Waals surface area contributed by atoms with E-state index in [9.17, 15) is 4.79 Å². The highest BCUT2D eigenvalue weighted by Crippen LogP contribution is 2.40. The number of rotatable bonds is 4. The topological polar surface area (TPSA) is 95.9 Å². The van der Waals surface area contributed by atoms with Crippen LogP contribution in [0.5, 0.6) is 0 Å². The number of hydrogen-bond donors (Lipinski definition) is 2. The summed E-state index contributed by atoms with van der Waals surface area (Å²) in [5, 5.41) is 10.4. The van der Waals surface area contributed by atoms with Crippen molar-refractivity contribution in [3.8, 4) is 0 Å². The zero-order chi connectivity index (χ0) is 16.6. The van der Waals surface area contributed by atoms with Crippen LogP contribution >= 0.6 is 11.5 Å². The van der Waals surface area contributed by atoms with Gasteiger partial charge >= 0.3 is 0 Å². The first-order valence-electron chi connectivity index (χ1n) is 7.98. The summed E-state index contributed by atoms with van der Waals surface area (Å²) in [6.07, 6.45) is 3.47. The molecule has 2 aliphatic heterocycles. The Morgan fingerprint density at radius 1 is 1.50 bits per heavy atom. The molecule has 0 spiro atoms. The van der Waals surface area contributed by atoms with Crippen molar-refractivity contribution in [1.29, 1.82) is 0 Å². The highest BCUT2D eigenvalue weighted by molar-refractivity contribution is 7.05. The Morgan fingerprint density at radius 2 is 2.33 bits per heavy atom. The van der Waals surface area contributed by atoms with Crippen LogP contribution in [0, 0.1) is 18.3 Å². The number of aryl methyl sites for hydroxylation is 1.